The van der Waals surface area contributed by atoms with Crippen LogP contribution in [0, 0.1) is 19.8 Å². The van der Waals surface area contributed by atoms with E-state index in [1.807, 2.05) is 74.5 Å². The Balaban J connectivity index is 2.03. The first kappa shape index (κ1) is 30.6. The number of fused-ring (bicyclic) bond motifs is 1. The number of carbonyl (C=O) groups is 3. The Morgan fingerprint density at radius 2 is 1.55 bits per heavy atom. The number of aryl methyl sites for hydroxylation is 2. The van der Waals surface area contributed by atoms with Crippen LogP contribution in [0.4, 0.5) is 10.5 Å². The van der Waals surface area contributed by atoms with Crippen molar-refractivity contribution in [1.29, 1.82) is 0 Å². The van der Waals surface area contributed by atoms with Crippen molar-refractivity contribution in [3.8, 4) is 0 Å². The lowest BCUT2D eigenvalue weighted by Gasteiger charge is -2.35. The van der Waals surface area contributed by atoms with E-state index in [-0.39, 0.29) is 19.1 Å². The number of ether oxygens (including phenoxy) is 1. The summed E-state index contributed by atoms with van der Waals surface area (Å²) < 4.78 is 5.40. The van der Waals surface area contributed by atoms with Gasteiger partial charge in [-0.15, -0.1) is 0 Å². The number of alkyl carbamates (subject to hydrolysis) is 1. The maximum atomic E-state index is 14.1. The monoisotopic (exact) mass is 547 g/mol. The highest BCUT2D eigenvalue weighted by Crippen LogP contribution is 2.28. The van der Waals surface area contributed by atoms with Gasteiger partial charge in [0.05, 0.1) is 6.61 Å². The van der Waals surface area contributed by atoms with E-state index in [0.717, 1.165) is 21.9 Å². The Morgan fingerprint density at radius 3 is 2.12 bits per heavy atom. The highest BCUT2D eigenvalue weighted by molar-refractivity contribution is 6.00. The molecule has 8 heteroatoms. The van der Waals surface area contributed by atoms with Gasteiger partial charge in [-0.25, -0.2) is 4.79 Å². The lowest BCUT2D eigenvalue weighted by molar-refractivity contribution is -0.142. The summed E-state index contributed by atoms with van der Waals surface area (Å²) in [4.78, 5) is 42.0. The van der Waals surface area contributed by atoms with Gasteiger partial charge in [-0.2, -0.15) is 0 Å². The second-order valence-electron chi connectivity index (χ2n) is 11.5. The molecule has 0 fully saturated rings. The quantitative estimate of drug-likeness (QED) is 0.328. The molecule has 2 unspecified atom stereocenters. The van der Waals surface area contributed by atoms with E-state index in [4.69, 9.17) is 4.74 Å². The van der Waals surface area contributed by atoms with E-state index in [9.17, 15) is 19.5 Å². The third-order valence-corrected chi connectivity index (χ3v) is 6.37. The van der Waals surface area contributed by atoms with Gasteiger partial charge in [-0.05, 0) is 69.0 Å². The molecule has 0 aliphatic heterocycles. The van der Waals surface area contributed by atoms with Crippen molar-refractivity contribution in [2.45, 2.75) is 66.2 Å². The molecule has 0 saturated carbocycles. The molecule has 0 aliphatic carbocycles. The number of hydrogen-bond acceptors (Lipinski definition) is 5. The number of aliphatic hydroxyl groups is 1. The van der Waals surface area contributed by atoms with Crippen molar-refractivity contribution in [2.24, 2.45) is 5.92 Å². The minimum Gasteiger partial charge on any atom is -0.444 e. The first-order valence-corrected chi connectivity index (χ1v) is 13.6. The number of amides is 3. The highest BCUT2D eigenvalue weighted by atomic mass is 16.6. The fourth-order valence-corrected chi connectivity index (χ4v) is 4.72. The zero-order valence-electron chi connectivity index (χ0n) is 24.4. The molecule has 214 valence electrons. The van der Waals surface area contributed by atoms with Gasteiger partial charge in [-0.3, -0.25) is 9.59 Å². The van der Waals surface area contributed by atoms with E-state index < -0.39 is 35.6 Å². The van der Waals surface area contributed by atoms with Gasteiger partial charge in [-0.1, -0.05) is 73.5 Å². The summed E-state index contributed by atoms with van der Waals surface area (Å²) >= 11 is 0. The molecule has 0 bridgehead atoms. The first-order chi connectivity index (χ1) is 18.8. The second-order valence-corrected chi connectivity index (χ2v) is 11.5. The Labute approximate surface area is 236 Å². The fraction of sp³-hybridized carbons (Fsp3) is 0.406. The fourth-order valence-electron chi connectivity index (χ4n) is 4.72. The molecule has 0 spiro atoms. The predicted molar refractivity (Wildman–Crippen MR) is 158 cm³/mol. The van der Waals surface area contributed by atoms with Gasteiger partial charge in [0, 0.05) is 12.2 Å². The van der Waals surface area contributed by atoms with Gasteiger partial charge >= 0.3 is 6.09 Å². The second kappa shape index (κ2) is 13.0. The van der Waals surface area contributed by atoms with E-state index in [1.54, 1.807) is 34.6 Å². The minimum atomic E-state index is -1.06. The standard InChI is InChI=1S/C32H41N3O5/c1-20(2)27(34-31(39)40-32(5,6)7)30(38)35(14-15-36)28(25-17-21(3)16-22(4)18-25)29(37)33-26-13-12-23-10-8-9-11-24(23)19-26/h8-13,16-20,27-28,36H,14-15H2,1-7H3,(H,33,37)(H,34,39). The van der Waals surface area contributed by atoms with Crippen molar-refractivity contribution in [2.75, 3.05) is 18.5 Å². The number of carbonyl (C=O) groups excluding carboxylic acids is 3. The van der Waals surface area contributed by atoms with Crippen LogP contribution in [-0.4, -0.2) is 52.7 Å². The van der Waals surface area contributed by atoms with E-state index in [1.165, 1.54) is 4.90 Å². The average molecular weight is 548 g/mol. The summed E-state index contributed by atoms with van der Waals surface area (Å²) in [6, 6.07) is 17.1. The van der Waals surface area contributed by atoms with Crippen LogP contribution in [0.3, 0.4) is 0 Å². The van der Waals surface area contributed by atoms with Crippen molar-refractivity contribution >= 4 is 34.4 Å². The molecule has 3 aromatic carbocycles. The number of nitrogens with zero attached hydrogens (tertiary/aromatic N) is 1. The van der Waals surface area contributed by atoms with Gasteiger partial charge in [0.15, 0.2) is 0 Å². The summed E-state index contributed by atoms with van der Waals surface area (Å²) in [5.74, 6) is -1.24. The number of rotatable bonds is 9. The predicted octanol–water partition coefficient (Wildman–Crippen LogP) is 5.51. The van der Waals surface area contributed by atoms with Gasteiger partial charge in [0.25, 0.3) is 5.91 Å². The lowest BCUT2D eigenvalue weighted by Crippen LogP contribution is -2.55. The van der Waals surface area contributed by atoms with Crippen LogP contribution in [-0.2, 0) is 14.3 Å². The summed E-state index contributed by atoms with van der Waals surface area (Å²) in [5, 5.41) is 17.7. The van der Waals surface area contributed by atoms with Crippen molar-refractivity contribution in [1.82, 2.24) is 10.2 Å². The summed E-state index contributed by atoms with van der Waals surface area (Å²) in [7, 11) is 0. The largest absolute Gasteiger partial charge is 0.444 e. The zero-order valence-corrected chi connectivity index (χ0v) is 24.4. The topological polar surface area (TPSA) is 108 Å². The van der Waals surface area contributed by atoms with Crippen molar-refractivity contribution in [3.63, 3.8) is 0 Å². The summed E-state index contributed by atoms with van der Waals surface area (Å²) in [6.45, 7) is 12.2. The maximum absolute atomic E-state index is 14.1. The Hall–Kier alpha value is -3.91. The molecule has 2 atom stereocenters. The molecular formula is C32H41N3O5. The molecule has 3 rings (SSSR count). The van der Waals surface area contributed by atoms with E-state index in [2.05, 4.69) is 10.6 Å². The van der Waals surface area contributed by atoms with Gasteiger partial charge in [0.1, 0.15) is 17.7 Å². The molecule has 3 aromatic rings. The Kier molecular flexibility index (Phi) is 9.93. The number of aliphatic hydroxyl groups excluding tert-OH is 1. The van der Waals surface area contributed by atoms with Crippen molar-refractivity contribution in [3.05, 3.63) is 77.4 Å². The number of benzene rings is 3. The van der Waals surface area contributed by atoms with Crippen LogP contribution in [0.15, 0.2) is 60.7 Å². The molecular weight excluding hydrogens is 506 g/mol. The van der Waals surface area contributed by atoms with E-state index >= 15 is 0 Å². The first-order valence-electron chi connectivity index (χ1n) is 13.6. The molecule has 40 heavy (non-hydrogen) atoms. The lowest BCUT2D eigenvalue weighted by atomic mass is 9.96. The number of anilines is 1. The maximum Gasteiger partial charge on any atom is 0.408 e. The number of hydrogen-bond donors (Lipinski definition) is 3. The van der Waals surface area contributed by atoms with Crippen LogP contribution in [0.1, 0.15) is 57.4 Å². The Morgan fingerprint density at radius 1 is 0.925 bits per heavy atom. The minimum absolute atomic E-state index is 0.110. The van der Waals surface area contributed by atoms with Crippen LogP contribution in [0.25, 0.3) is 10.8 Å². The molecule has 8 nitrogen and oxygen atoms in total. The highest BCUT2D eigenvalue weighted by Gasteiger charge is 2.37. The van der Waals surface area contributed by atoms with Gasteiger partial charge < -0.3 is 25.4 Å². The normalized spacial score (nSPS) is 13.0. The third kappa shape index (κ3) is 8.05. The smallest absolute Gasteiger partial charge is 0.408 e. The molecule has 0 heterocycles. The Bertz CT molecular complexity index is 1340. The molecule has 0 aromatic heterocycles. The van der Waals surface area contributed by atoms with Crippen LogP contribution in [0.5, 0.6) is 0 Å². The average Bonchev–Trinajstić information content (AvgIpc) is 2.84. The molecule has 3 N–H and O–H groups in total. The zero-order chi connectivity index (χ0) is 29.6. The summed E-state index contributed by atoms with van der Waals surface area (Å²) in [5.41, 5.74) is 2.31. The van der Waals surface area contributed by atoms with Crippen LogP contribution < -0.4 is 10.6 Å². The third-order valence-electron chi connectivity index (χ3n) is 6.37. The summed E-state index contributed by atoms with van der Waals surface area (Å²) in [6.07, 6.45) is -0.730. The van der Waals surface area contributed by atoms with Crippen LogP contribution >= 0.6 is 0 Å². The van der Waals surface area contributed by atoms with Gasteiger partial charge in [0.2, 0.25) is 5.91 Å². The molecule has 3 amide bonds. The molecule has 0 aliphatic rings. The molecule has 0 radical (unpaired) electrons. The number of nitrogens with one attached hydrogen (secondary N) is 2. The SMILES string of the molecule is Cc1cc(C)cc(C(C(=O)Nc2ccc3ccccc3c2)N(CCO)C(=O)C(NC(=O)OC(C)(C)C)C(C)C)c1. The molecule has 0 saturated heterocycles. The van der Waals surface area contributed by atoms with Crippen LogP contribution in [0.2, 0.25) is 0 Å². The van der Waals surface area contributed by atoms with Crippen molar-refractivity contribution < 1.29 is 24.2 Å². The van der Waals surface area contributed by atoms with E-state index in [0.29, 0.717) is 11.3 Å².